The summed E-state index contributed by atoms with van der Waals surface area (Å²) in [7, 11) is 5.83. The monoisotopic (exact) mass is 348 g/mol. The van der Waals surface area contributed by atoms with Gasteiger partial charge in [-0.3, -0.25) is 4.79 Å². The maximum atomic E-state index is 12.6. The van der Waals surface area contributed by atoms with E-state index >= 15 is 0 Å². The maximum Gasteiger partial charge on any atom is 0.223 e. The molecular formula is C16H24N6OS. The van der Waals surface area contributed by atoms with Gasteiger partial charge >= 0.3 is 0 Å². The molecule has 1 aromatic heterocycles. The van der Waals surface area contributed by atoms with Crippen molar-refractivity contribution in [1.82, 2.24) is 30.0 Å². The molecule has 0 bridgehead atoms. The summed E-state index contributed by atoms with van der Waals surface area (Å²) >= 11 is 1.50. The van der Waals surface area contributed by atoms with Gasteiger partial charge in [0.25, 0.3) is 0 Å². The topological polar surface area (TPSA) is 67.2 Å². The molecule has 0 aliphatic rings. The highest BCUT2D eigenvalue weighted by molar-refractivity contribution is 7.99. The molecule has 130 valence electrons. The normalized spacial score (nSPS) is 11.0. The van der Waals surface area contributed by atoms with Gasteiger partial charge in [0.05, 0.1) is 0 Å². The number of carbonyl (C=O) groups excluding carboxylic acids is 1. The average Bonchev–Trinajstić information content (AvgIpc) is 2.97. The van der Waals surface area contributed by atoms with Crippen LogP contribution in [0.3, 0.4) is 0 Å². The van der Waals surface area contributed by atoms with Crippen molar-refractivity contribution < 1.29 is 4.79 Å². The largest absolute Gasteiger partial charge is 0.337 e. The minimum atomic E-state index is 0.156. The van der Waals surface area contributed by atoms with Crippen molar-refractivity contribution in [2.45, 2.75) is 18.1 Å². The molecule has 2 rings (SSSR count). The summed E-state index contributed by atoms with van der Waals surface area (Å²) in [6.07, 6.45) is 0.470. The Labute approximate surface area is 147 Å². The lowest BCUT2D eigenvalue weighted by atomic mass is 10.2. The van der Waals surface area contributed by atoms with Gasteiger partial charge in [0, 0.05) is 38.9 Å². The molecule has 0 spiro atoms. The number of nitrogens with zero attached hydrogens (tertiary/aromatic N) is 6. The Kier molecular flexibility index (Phi) is 7.20. The number of hydrogen-bond acceptors (Lipinski definition) is 6. The molecule has 1 aromatic carbocycles. The number of benzene rings is 1. The second-order valence-corrected chi connectivity index (χ2v) is 6.85. The molecule has 1 amide bonds. The van der Waals surface area contributed by atoms with Gasteiger partial charge in [-0.1, -0.05) is 42.1 Å². The van der Waals surface area contributed by atoms with Crippen LogP contribution in [-0.2, 0) is 18.4 Å². The maximum absolute atomic E-state index is 12.6. The van der Waals surface area contributed by atoms with Gasteiger partial charge in [0.1, 0.15) is 0 Å². The molecule has 0 atom stereocenters. The van der Waals surface area contributed by atoms with Crippen LogP contribution in [0.4, 0.5) is 0 Å². The number of rotatable bonds is 9. The first-order chi connectivity index (χ1) is 11.6. The smallest absolute Gasteiger partial charge is 0.223 e. The number of carbonyl (C=O) groups is 1. The zero-order valence-corrected chi connectivity index (χ0v) is 15.2. The average molecular weight is 348 g/mol. The molecule has 0 aliphatic heterocycles. The van der Waals surface area contributed by atoms with Gasteiger partial charge < -0.3 is 9.80 Å². The molecule has 0 fully saturated rings. The molecule has 0 unspecified atom stereocenters. The summed E-state index contributed by atoms with van der Waals surface area (Å²) in [5.41, 5.74) is 1.15. The highest BCUT2D eigenvalue weighted by atomic mass is 32.2. The second kappa shape index (κ2) is 9.39. The highest BCUT2D eigenvalue weighted by Gasteiger charge is 2.15. The van der Waals surface area contributed by atoms with Crippen LogP contribution in [0.1, 0.15) is 12.0 Å². The van der Waals surface area contributed by atoms with E-state index in [-0.39, 0.29) is 5.91 Å². The van der Waals surface area contributed by atoms with Crippen LogP contribution in [-0.4, -0.2) is 68.9 Å². The Morgan fingerprint density at radius 3 is 2.58 bits per heavy atom. The van der Waals surface area contributed by atoms with Crippen LogP contribution in [0, 0.1) is 0 Å². The fourth-order valence-electron chi connectivity index (χ4n) is 2.15. The number of aromatic nitrogens is 4. The van der Waals surface area contributed by atoms with Crippen molar-refractivity contribution in [1.29, 1.82) is 0 Å². The summed E-state index contributed by atoms with van der Waals surface area (Å²) in [6, 6.07) is 10.1. The predicted molar refractivity (Wildman–Crippen MR) is 94.6 cm³/mol. The van der Waals surface area contributed by atoms with Gasteiger partial charge in [-0.2, -0.15) is 0 Å². The van der Waals surface area contributed by atoms with E-state index in [4.69, 9.17) is 0 Å². The lowest BCUT2D eigenvalue weighted by Crippen LogP contribution is -2.36. The SMILES string of the molecule is CN(C)CCN(Cc1ccccc1)C(=O)CCSc1nnnn1C. The second-order valence-electron chi connectivity index (χ2n) is 5.79. The molecule has 0 N–H and O–H groups in total. The number of tetrazole rings is 1. The molecule has 0 saturated carbocycles. The summed E-state index contributed by atoms with van der Waals surface area (Å²) in [6.45, 7) is 2.21. The van der Waals surface area contributed by atoms with Crippen LogP contribution < -0.4 is 0 Å². The fourth-order valence-corrected chi connectivity index (χ4v) is 2.92. The number of amides is 1. The first kappa shape index (κ1) is 18.4. The summed E-state index contributed by atoms with van der Waals surface area (Å²) in [5.74, 6) is 0.823. The summed E-state index contributed by atoms with van der Waals surface area (Å²) in [5, 5.41) is 12.0. The van der Waals surface area contributed by atoms with Gasteiger partial charge in [-0.15, -0.1) is 5.10 Å². The van der Waals surface area contributed by atoms with E-state index in [0.717, 1.165) is 23.8 Å². The van der Waals surface area contributed by atoms with E-state index in [2.05, 4.69) is 32.6 Å². The Morgan fingerprint density at radius 1 is 1.21 bits per heavy atom. The van der Waals surface area contributed by atoms with Gasteiger partial charge in [-0.05, 0) is 30.1 Å². The van der Waals surface area contributed by atoms with Crippen LogP contribution >= 0.6 is 11.8 Å². The molecule has 0 saturated heterocycles. The number of aryl methyl sites for hydroxylation is 1. The van der Waals surface area contributed by atoms with E-state index in [1.165, 1.54) is 11.8 Å². The first-order valence-corrected chi connectivity index (χ1v) is 8.86. The molecule has 1 heterocycles. The molecule has 0 radical (unpaired) electrons. The van der Waals surface area contributed by atoms with Crippen LogP contribution in [0.5, 0.6) is 0 Å². The number of hydrogen-bond donors (Lipinski definition) is 0. The Balaban J connectivity index is 1.89. The molecule has 2 aromatic rings. The number of likely N-dealkylation sites (N-methyl/N-ethyl adjacent to an activating group) is 1. The van der Waals surface area contributed by atoms with Crippen molar-refractivity contribution in [2.75, 3.05) is 32.9 Å². The predicted octanol–water partition coefficient (Wildman–Crippen LogP) is 1.28. The first-order valence-electron chi connectivity index (χ1n) is 7.88. The van der Waals surface area contributed by atoms with Crippen molar-refractivity contribution in [2.24, 2.45) is 7.05 Å². The van der Waals surface area contributed by atoms with Gasteiger partial charge in [-0.25, -0.2) is 4.68 Å². The van der Waals surface area contributed by atoms with Crippen LogP contribution in [0.2, 0.25) is 0 Å². The molecule has 8 heteroatoms. The minimum Gasteiger partial charge on any atom is -0.337 e. The Bertz CT molecular complexity index is 631. The molecule has 0 aliphatic carbocycles. The van der Waals surface area contributed by atoms with E-state index in [1.54, 1.807) is 11.7 Å². The van der Waals surface area contributed by atoms with E-state index in [9.17, 15) is 4.79 Å². The van der Waals surface area contributed by atoms with Crippen LogP contribution in [0.25, 0.3) is 0 Å². The third kappa shape index (κ3) is 5.93. The van der Waals surface area contributed by atoms with Crippen molar-refractivity contribution in [3.05, 3.63) is 35.9 Å². The van der Waals surface area contributed by atoms with Gasteiger partial charge in [0.2, 0.25) is 11.1 Å². The summed E-state index contributed by atoms with van der Waals surface area (Å²) in [4.78, 5) is 16.6. The van der Waals surface area contributed by atoms with Crippen molar-refractivity contribution in [3.8, 4) is 0 Å². The van der Waals surface area contributed by atoms with Crippen molar-refractivity contribution in [3.63, 3.8) is 0 Å². The standard InChI is InChI=1S/C16H24N6OS/c1-20(2)10-11-22(13-14-7-5-4-6-8-14)15(23)9-12-24-16-17-18-19-21(16)3/h4-8H,9-13H2,1-3H3. The van der Waals surface area contributed by atoms with Crippen molar-refractivity contribution >= 4 is 17.7 Å². The molecule has 7 nitrogen and oxygen atoms in total. The van der Waals surface area contributed by atoms with E-state index in [0.29, 0.717) is 18.7 Å². The van der Waals surface area contributed by atoms with Gasteiger partial charge in [0.15, 0.2) is 0 Å². The third-order valence-electron chi connectivity index (χ3n) is 3.51. The number of thioether (sulfide) groups is 1. The highest BCUT2D eigenvalue weighted by Crippen LogP contribution is 2.15. The third-order valence-corrected chi connectivity index (χ3v) is 4.53. The lowest BCUT2D eigenvalue weighted by Gasteiger charge is -2.24. The quantitative estimate of drug-likeness (QED) is 0.636. The van der Waals surface area contributed by atoms with Crippen LogP contribution in [0.15, 0.2) is 35.5 Å². The molecule has 24 heavy (non-hydrogen) atoms. The van der Waals surface area contributed by atoms with E-state index < -0.39 is 0 Å². The zero-order chi connectivity index (χ0) is 17.4. The fraction of sp³-hybridized carbons (Fsp3) is 0.500. The summed E-state index contributed by atoms with van der Waals surface area (Å²) < 4.78 is 1.61. The Morgan fingerprint density at radius 2 is 1.96 bits per heavy atom. The lowest BCUT2D eigenvalue weighted by molar-refractivity contribution is -0.131. The minimum absolute atomic E-state index is 0.156. The zero-order valence-electron chi connectivity index (χ0n) is 14.4. The van der Waals surface area contributed by atoms with E-state index in [1.807, 2.05) is 37.2 Å². The Hall–Kier alpha value is -1.93. The molecular weight excluding hydrogens is 324 g/mol.